The molecule has 154 valence electrons. The number of halogens is 1. The summed E-state index contributed by atoms with van der Waals surface area (Å²) >= 11 is 6.13. The van der Waals surface area contributed by atoms with Crippen molar-refractivity contribution in [3.63, 3.8) is 0 Å². The van der Waals surface area contributed by atoms with Gasteiger partial charge in [-0.3, -0.25) is 9.48 Å². The van der Waals surface area contributed by atoms with Crippen LogP contribution in [-0.2, 0) is 7.05 Å². The van der Waals surface area contributed by atoms with E-state index in [1.54, 1.807) is 17.1 Å². The number of fused-ring (bicyclic) bond motifs is 2. The van der Waals surface area contributed by atoms with Crippen LogP contribution in [0.25, 0.3) is 33.5 Å². The number of aromatic amines is 1. The smallest absolute Gasteiger partial charge is 0.255 e. The summed E-state index contributed by atoms with van der Waals surface area (Å²) < 4.78 is 1.76. The largest absolute Gasteiger partial charge is 0.349 e. The van der Waals surface area contributed by atoms with Crippen molar-refractivity contribution < 1.29 is 4.79 Å². The number of aryl methyl sites for hydroxylation is 1. The van der Waals surface area contributed by atoms with Gasteiger partial charge in [-0.25, -0.2) is 9.97 Å². The Morgan fingerprint density at radius 2 is 2.10 bits per heavy atom. The molecule has 0 radical (unpaired) electrons. The molecule has 0 unspecified atom stereocenters. The molecule has 1 fully saturated rings. The molecule has 1 amide bonds. The Morgan fingerprint density at radius 3 is 2.90 bits per heavy atom. The second-order valence-electron chi connectivity index (χ2n) is 7.87. The lowest BCUT2D eigenvalue weighted by Crippen LogP contribution is -2.40. The maximum absolute atomic E-state index is 12.9. The van der Waals surface area contributed by atoms with Crippen molar-refractivity contribution >= 4 is 39.6 Å². The number of nitrogens with two attached hydrogens (primary N) is 1. The molecule has 0 aliphatic heterocycles. The highest BCUT2D eigenvalue weighted by atomic mass is 35.5. The molecule has 30 heavy (non-hydrogen) atoms. The van der Waals surface area contributed by atoms with Crippen molar-refractivity contribution in [3.8, 4) is 11.4 Å². The van der Waals surface area contributed by atoms with Crippen LogP contribution in [0.5, 0.6) is 0 Å². The van der Waals surface area contributed by atoms with Gasteiger partial charge in [-0.1, -0.05) is 11.6 Å². The van der Waals surface area contributed by atoms with E-state index in [0.717, 1.165) is 36.6 Å². The van der Waals surface area contributed by atoms with E-state index in [9.17, 15) is 4.79 Å². The molecule has 0 bridgehead atoms. The quantitative estimate of drug-likeness (QED) is 0.468. The molecule has 4 N–H and O–H groups in total. The summed E-state index contributed by atoms with van der Waals surface area (Å²) in [6.07, 6.45) is 6.98. The molecule has 1 aliphatic rings. The van der Waals surface area contributed by atoms with Crippen molar-refractivity contribution in [3.05, 3.63) is 41.2 Å². The molecule has 0 spiro atoms. The van der Waals surface area contributed by atoms with E-state index in [2.05, 4.69) is 20.4 Å². The van der Waals surface area contributed by atoms with Crippen molar-refractivity contribution in [1.82, 2.24) is 30.0 Å². The first-order chi connectivity index (χ1) is 14.5. The molecular weight excluding hydrogens is 402 g/mol. The summed E-state index contributed by atoms with van der Waals surface area (Å²) in [7, 11) is 1.86. The number of rotatable bonds is 3. The van der Waals surface area contributed by atoms with Gasteiger partial charge in [0.1, 0.15) is 16.9 Å². The van der Waals surface area contributed by atoms with Gasteiger partial charge in [0.25, 0.3) is 5.91 Å². The molecule has 1 aromatic carbocycles. The van der Waals surface area contributed by atoms with Gasteiger partial charge in [0.2, 0.25) is 0 Å². The molecule has 0 atom stereocenters. The van der Waals surface area contributed by atoms with Crippen LogP contribution in [0.3, 0.4) is 0 Å². The third kappa shape index (κ3) is 3.32. The number of benzene rings is 1. The maximum Gasteiger partial charge on any atom is 0.255 e. The lowest BCUT2D eigenvalue weighted by Gasteiger charge is -2.26. The Morgan fingerprint density at radius 1 is 1.30 bits per heavy atom. The Labute approximate surface area is 177 Å². The van der Waals surface area contributed by atoms with E-state index in [0.29, 0.717) is 33.1 Å². The Hall–Kier alpha value is -2.97. The number of hydrogen-bond donors (Lipinski definition) is 3. The zero-order chi connectivity index (χ0) is 20.8. The Balaban J connectivity index is 1.50. The fourth-order valence-electron chi connectivity index (χ4n) is 4.12. The number of aromatic nitrogens is 5. The normalized spacial score (nSPS) is 19.4. The van der Waals surface area contributed by atoms with Crippen LogP contribution < -0.4 is 11.1 Å². The molecule has 1 saturated carbocycles. The molecule has 0 saturated heterocycles. The van der Waals surface area contributed by atoms with Crippen LogP contribution in [0, 0.1) is 0 Å². The highest BCUT2D eigenvalue weighted by molar-refractivity contribution is 6.31. The molecule has 8 nitrogen and oxygen atoms in total. The third-order valence-corrected chi connectivity index (χ3v) is 6.02. The minimum atomic E-state index is -0.147. The summed E-state index contributed by atoms with van der Waals surface area (Å²) in [4.78, 5) is 25.1. The van der Waals surface area contributed by atoms with Gasteiger partial charge in [-0.05, 0) is 43.9 Å². The summed E-state index contributed by atoms with van der Waals surface area (Å²) in [6.45, 7) is 0. The van der Waals surface area contributed by atoms with E-state index >= 15 is 0 Å². The summed E-state index contributed by atoms with van der Waals surface area (Å²) in [5.41, 5.74) is 9.76. The van der Waals surface area contributed by atoms with Gasteiger partial charge in [-0.15, -0.1) is 0 Å². The van der Waals surface area contributed by atoms with Crippen molar-refractivity contribution in [2.75, 3.05) is 0 Å². The molecule has 4 aromatic rings. The van der Waals surface area contributed by atoms with E-state index in [4.69, 9.17) is 22.3 Å². The number of carbonyl (C=O) groups is 1. The highest BCUT2D eigenvalue weighted by Crippen LogP contribution is 2.29. The highest BCUT2D eigenvalue weighted by Gasteiger charge is 2.23. The minimum absolute atomic E-state index is 0.142. The number of nitrogens with one attached hydrogen (secondary N) is 2. The minimum Gasteiger partial charge on any atom is -0.349 e. The van der Waals surface area contributed by atoms with E-state index in [1.807, 2.05) is 25.2 Å². The van der Waals surface area contributed by atoms with Crippen molar-refractivity contribution in [2.45, 2.75) is 37.8 Å². The SMILES string of the molecule is Cn1nc(-c2cnc3[nH]cc(C(=O)N[C@H]4CC[C@@H](N)CC4)c3n2)c2ccc(Cl)cc21. The van der Waals surface area contributed by atoms with Crippen LogP contribution in [0.4, 0.5) is 0 Å². The second kappa shape index (κ2) is 7.37. The predicted molar refractivity (Wildman–Crippen MR) is 116 cm³/mol. The number of amides is 1. The van der Waals surface area contributed by atoms with Crippen LogP contribution in [0.1, 0.15) is 36.0 Å². The first-order valence-corrected chi connectivity index (χ1v) is 10.4. The fourth-order valence-corrected chi connectivity index (χ4v) is 4.29. The fraction of sp³-hybridized carbons (Fsp3) is 0.333. The number of H-pyrrole nitrogens is 1. The average Bonchev–Trinajstić information content (AvgIpc) is 3.30. The molecule has 1 aliphatic carbocycles. The van der Waals surface area contributed by atoms with Gasteiger partial charge in [0.05, 0.1) is 17.3 Å². The lowest BCUT2D eigenvalue weighted by molar-refractivity contribution is 0.0927. The number of hydrogen-bond acceptors (Lipinski definition) is 5. The third-order valence-electron chi connectivity index (χ3n) is 5.79. The van der Waals surface area contributed by atoms with Crippen molar-refractivity contribution in [1.29, 1.82) is 0 Å². The lowest BCUT2D eigenvalue weighted by atomic mass is 9.92. The summed E-state index contributed by atoms with van der Waals surface area (Å²) in [5.74, 6) is -0.147. The van der Waals surface area contributed by atoms with Gasteiger partial charge in [-0.2, -0.15) is 5.10 Å². The Kier molecular flexibility index (Phi) is 4.67. The average molecular weight is 424 g/mol. The van der Waals surface area contributed by atoms with Gasteiger partial charge >= 0.3 is 0 Å². The van der Waals surface area contributed by atoms with Crippen LogP contribution in [0.2, 0.25) is 5.02 Å². The molecular formula is C21H22ClN7O. The monoisotopic (exact) mass is 423 g/mol. The first kappa shape index (κ1) is 19.0. The molecule has 3 aromatic heterocycles. The van der Waals surface area contributed by atoms with Crippen LogP contribution in [0.15, 0.2) is 30.6 Å². The van der Waals surface area contributed by atoms with E-state index < -0.39 is 0 Å². The number of carbonyl (C=O) groups excluding carboxylic acids is 1. The topological polar surface area (TPSA) is 115 Å². The second-order valence-corrected chi connectivity index (χ2v) is 8.31. The summed E-state index contributed by atoms with van der Waals surface area (Å²) in [5, 5.41) is 9.29. The summed E-state index contributed by atoms with van der Waals surface area (Å²) in [6, 6.07) is 5.99. The molecule has 3 heterocycles. The van der Waals surface area contributed by atoms with Gasteiger partial charge < -0.3 is 16.0 Å². The van der Waals surface area contributed by atoms with E-state index in [1.165, 1.54) is 0 Å². The first-order valence-electron chi connectivity index (χ1n) is 10.0. The zero-order valence-electron chi connectivity index (χ0n) is 16.5. The van der Waals surface area contributed by atoms with Gasteiger partial charge in [0, 0.05) is 35.7 Å². The number of nitrogens with zero attached hydrogens (tertiary/aromatic N) is 4. The zero-order valence-corrected chi connectivity index (χ0v) is 17.3. The van der Waals surface area contributed by atoms with Crippen molar-refractivity contribution in [2.24, 2.45) is 12.8 Å². The van der Waals surface area contributed by atoms with Crippen LogP contribution in [-0.4, -0.2) is 42.7 Å². The molecule has 9 heteroatoms. The maximum atomic E-state index is 12.9. The Bertz CT molecular complexity index is 1250. The van der Waals surface area contributed by atoms with E-state index in [-0.39, 0.29) is 18.0 Å². The predicted octanol–water partition coefficient (Wildman–Crippen LogP) is 3.16. The standard InChI is InChI=1S/C21H22ClN7O/c1-29-17-8-11(22)2-7-14(17)18(28-29)16-10-25-20-19(27-16)15(9-24-20)21(30)26-13-5-3-12(23)4-6-13/h2,7-10,12-13H,3-6,23H2,1H3,(H,24,25)(H,26,30)/t12-,13+. The van der Waals surface area contributed by atoms with Gasteiger partial charge in [0.15, 0.2) is 5.65 Å². The van der Waals surface area contributed by atoms with Crippen LogP contribution >= 0.6 is 11.6 Å². The molecule has 5 rings (SSSR count).